The number of ether oxygens (including phenoxy) is 6. The maximum atomic E-state index is 14.0. The lowest BCUT2D eigenvalue weighted by Crippen LogP contribution is -2.84. The van der Waals surface area contributed by atoms with Gasteiger partial charge in [-0.15, -0.1) is 0 Å². The summed E-state index contributed by atoms with van der Waals surface area (Å²) in [5.74, 6) is 0. The van der Waals surface area contributed by atoms with E-state index in [9.17, 15) is 42.0 Å². The van der Waals surface area contributed by atoms with Crippen molar-refractivity contribution in [2.24, 2.45) is 0 Å². The monoisotopic (exact) mass is 1030 g/mol. The van der Waals surface area contributed by atoms with E-state index in [2.05, 4.69) is 0 Å². The van der Waals surface area contributed by atoms with Gasteiger partial charge in [-0.1, -0.05) is 182 Å². The van der Waals surface area contributed by atoms with Gasteiger partial charge in [-0.05, 0) is 33.4 Å². The van der Waals surface area contributed by atoms with Gasteiger partial charge in [0.1, 0.15) is 53.9 Å². The molecule has 73 heavy (non-hydrogen) atoms. The Morgan fingerprint density at radius 1 is 0.534 bits per heavy atom. The van der Waals surface area contributed by atoms with Crippen LogP contribution in [0.3, 0.4) is 0 Å². The van der Waals surface area contributed by atoms with Crippen molar-refractivity contribution in [3.05, 3.63) is 215 Å². The first-order valence-electron chi connectivity index (χ1n) is 23.8. The summed E-state index contributed by atoms with van der Waals surface area (Å²) in [7, 11) is -5.01. The topological polar surface area (TPSA) is 180 Å². The summed E-state index contributed by atoms with van der Waals surface area (Å²) in [6.07, 6.45) is -15.2. The fraction of sp³-hybridized carbons (Fsp3) is 0.357. The number of hydrogen-bond acceptors (Lipinski definition) is 13. The molecule has 0 saturated carbocycles. The second-order valence-corrected chi connectivity index (χ2v) is 20.0. The Hall–Kier alpha value is -5.38. The van der Waals surface area contributed by atoms with E-state index in [0.717, 1.165) is 0 Å². The lowest BCUT2D eigenvalue weighted by atomic mass is 9.58. The lowest BCUT2D eigenvalue weighted by Gasteiger charge is -2.62. The first-order chi connectivity index (χ1) is 35.0. The highest BCUT2D eigenvalue weighted by atomic mass is 32.2. The molecule has 6 aromatic carbocycles. The quantitative estimate of drug-likeness (QED) is 0.0427. The number of methoxy groups -OCH3 is 1. The van der Waals surface area contributed by atoms with Crippen molar-refractivity contribution in [2.75, 3.05) is 13.7 Å². The van der Waals surface area contributed by atoms with Crippen LogP contribution in [0.25, 0.3) is 0 Å². The van der Waals surface area contributed by atoms with Crippen molar-refractivity contribution in [1.82, 2.24) is 0 Å². The standard InChI is InChI=1S/C56H59F3O13S/c1-66-52-54(62,33-40-22-10-3-11-23-40)55(63,34-41-24-12-4-13-25-41)53(61,32-39-20-8-2-9-21-39)51(72-52)46(60)48-50(69-37-44-30-18-7-19-31-44)49(68-36-43-28-16-6-17-29-43)47(67-35-42-26-14-5-15-27-42)45(71-48)38-70-73(64,65)56(57,58)59/h2-31,45-52,60-63H,32-38H2,1H3/t45-,46?,47-,48+,49+,50+,51-,52+,53-,54+,55+/m1/s1. The summed E-state index contributed by atoms with van der Waals surface area (Å²) >= 11 is 0. The number of halogens is 3. The third kappa shape index (κ3) is 12.1. The van der Waals surface area contributed by atoms with Gasteiger partial charge in [0.25, 0.3) is 0 Å². The number of rotatable bonds is 21. The van der Waals surface area contributed by atoms with E-state index in [-0.39, 0.29) is 26.2 Å². The largest absolute Gasteiger partial charge is 0.523 e. The Morgan fingerprint density at radius 3 is 1.32 bits per heavy atom. The zero-order valence-corrected chi connectivity index (χ0v) is 40.7. The van der Waals surface area contributed by atoms with E-state index in [1.807, 2.05) is 0 Å². The van der Waals surface area contributed by atoms with Gasteiger partial charge >= 0.3 is 15.6 Å². The predicted octanol–water partition coefficient (Wildman–Crippen LogP) is 7.03. The van der Waals surface area contributed by atoms with Gasteiger partial charge in [-0.2, -0.15) is 21.6 Å². The van der Waals surface area contributed by atoms with Crippen molar-refractivity contribution in [3.63, 3.8) is 0 Å². The fourth-order valence-electron chi connectivity index (χ4n) is 9.89. The number of hydrogen-bond donors (Lipinski definition) is 4. The zero-order valence-electron chi connectivity index (χ0n) is 39.9. The molecular formula is C56H59F3O13S. The minimum absolute atomic E-state index is 0.147. The molecule has 2 heterocycles. The lowest BCUT2D eigenvalue weighted by molar-refractivity contribution is -0.412. The van der Waals surface area contributed by atoms with E-state index < -0.39 is 101 Å². The van der Waals surface area contributed by atoms with Gasteiger partial charge < -0.3 is 48.8 Å². The van der Waals surface area contributed by atoms with Crippen LogP contribution < -0.4 is 0 Å². The zero-order chi connectivity index (χ0) is 51.7. The molecule has 0 spiro atoms. The molecule has 4 N–H and O–H groups in total. The summed E-state index contributed by atoms with van der Waals surface area (Å²) in [6, 6.07) is 52.4. The molecule has 2 aliphatic rings. The molecule has 8 rings (SSSR count). The molecule has 2 saturated heterocycles. The van der Waals surface area contributed by atoms with E-state index in [1.54, 1.807) is 182 Å². The smallest absolute Gasteiger partial charge is 0.387 e. The molecule has 0 bridgehead atoms. The van der Waals surface area contributed by atoms with E-state index in [1.165, 1.54) is 7.11 Å². The molecule has 0 aromatic heterocycles. The van der Waals surface area contributed by atoms with Crippen LogP contribution in [-0.4, -0.2) is 114 Å². The van der Waals surface area contributed by atoms with Crippen LogP contribution in [0.5, 0.6) is 0 Å². The van der Waals surface area contributed by atoms with Crippen LogP contribution in [0.15, 0.2) is 182 Å². The molecule has 0 radical (unpaired) electrons. The minimum atomic E-state index is -6.24. The Morgan fingerprint density at radius 2 is 0.904 bits per heavy atom. The Balaban J connectivity index is 1.30. The molecule has 1 unspecified atom stereocenters. The van der Waals surface area contributed by atoms with Crippen molar-refractivity contribution >= 4 is 10.1 Å². The third-order valence-electron chi connectivity index (χ3n) is 13.6. The summed E-state index contributed by atoms with van der Waals surface area (Å²) in [5, 5.41) is 54.4. The second-order valence-electron chi connectivity index (χ2n) is 18.4. The first kappa shape index (κ1) is 53.9. The van der Waals surface area contributed by atoms with E-state index in [4.69, 9.17) is 32.6 Å². The highest BCUT2D eigenvalue weighted by Crippen LogP contribution is 2.52. The van der Waals surface area contributed by atoms with E-state index in [0.29, 0.717) is 33.4 Å². The van der Waals surface area contributed by atoms with Crippen LogP contribution >= 0.6 is 0 Å². The predicted molar refractivity (Wildman–Crippen MR) is 262 cm³/mol. The van der Waals surface area contributed by atoms with E-state index >= 15 is 0 Å². The molecule has 2 aliphatic heterocycles. The van der Waals surface area contributed by atoms with Crippen LogP contribution in [0.2, 0.25) is 0 Å². The van der Waals surface area contributed by atoms with Crippen molar-refractivity contribution < 1.29 is 74.6 Å². The molecule has 11 atom stereocenters. The number of aliphatic hydroxyl groups excluding tert-OH is 1. The SMILES string of the molecule is CO[C@H]1O[C@H](C(O)[C@@H]2O[C@H](COS(=O)(=O)C(F)(F)F)[C@@H](OCc3ccccc3)[C@H](OCc3ccccc3)[C@H]2OCc2ccccc2)[C@](O)(Cc2ccccc2)[C@@](O)(Cc2ccccc2)[C@]1(O)Cc1ccccc1. The molecular weight excluding hydrogens is 970 g/mol. The first-order valence-corrected chi connectivity index (χ1v) is 25.2. The Kier molecular flexibility index (Phi) is 17.3. The normalized spacial score (nSPS) is 28.1. The molecule has 17 heteroatoms. The van der Waals surface area contributed by atoms with Gasteiger partial charge in [0.05, 0.1) is 26.4 Å². The molecule has 388 valence electrons. The number of benzene rings is 6. The van der Waals surface area contributed by atoms with Crippen LogP contribution in [-0.2, 0) is 81.8 Å². The van der Waals surface area contributed by atoms with Crippen LogP contribution in [0.4, 0.5) is 13.2 Å². The van der Waals surface area contributed by atoms with Gasteiger partial charge in [-0.3, -0.25) is 4.18 Å². The molecule has 0 amide bonds. The van der Waals surface area contributed by atoms with Crippen LogP contribution in [0, 0.1) is 0 Å². The van der Waals surface area contributed by atoms with Gasteiger partial charge in [0, 0.05) is 26.4 Å². The van der Waals surface area contributed by atoms with Crippen molar-refractivity contribution in [3.8, 4) is 0 Å². The maximum absolute atomic E-state index is 14.0. The van der Waals surface area contributed by atoms with Crippen molar-refractivity contribution in [1.29, 1.82) is 0 Å². The van der Waals surface area contributed by atoms with Crippen molar-refractivity contribution in [2.45, 2.75) is 110 Å². The highest BCUT2D eigenvalue weighted by Gasteiger charge is 2.74. The second kappa shape index (κ2) is 23.4. The van der Waals surface area contributed by atoms with Crippen LogP contribution in [0.1, 0.15) is 33.4 Å². The number of aliphatic hydroxyl groups is 4. The minimum Gasteiger partial charge on any atom is -0.387 e. The maximum Gasteiger partial charge on any atom is 0.523 e. The average molecular weight is 1030 g/mol. The Labute approximate surface area is 422 Å². The molecule has 2 fully saturated rings. The summed E-state index contributed by atoms with van der Waals surface area (Å²) in [5.41, 5.74) is -10.4. The highest BCUT2D eigenvalue weighted by molar-refractivity contribution is 7.87. The fourth-order valence-corrected chi connectivity index (χ4v) is 10.3. The summed E-state index contributed by atoms with van der Waals surface area (Å²) < 4.78 is 111. The average Bonchev–Trinajstić information content (AvgIpc) is 3.39. The van der Waals surface area contributed by atoms with Gasteiger partial charge in [-0.25, -0.2) is 0 Å². The molecule has 6 aromatic rings. The molecule has 0 aliphatic carbocycles. The Bertz CT molecular complexity index is 2730. The van der Waals surface area contributed by atoms with Gasteiger partial charge in [0.2, 0.25) is 0 Å². The third-order valence-corrected chi connectivity index (χ3v) is 14.6. The summed E-state index contributed by atoms with van der Waals surface area (Å²) in [6.45, 7) is -1.78. The number of alkyl halides is 3. The molecule has 13 nitrogen and oxygen atoms in total. The van der Waals surface area contributed by atoms with Gasteiger partial charge in [0.15, 0.2) is 11.9 Å². The summed E-state index contributed by atoms with van der Waals surface area (Å²) in [4.78, 5) is 0.